The van der Waals surface area contributed by atoms with Crippen molar-refractivity contribution in [1.82, 2.24) is 10.2 Å². The second-order valence-corrected chi connectivity index (χ2v) is 6.71. The topological polar surface area (TPSA) is 69.6 Å². The van der Waals surface area contributed by atoms with Crippen molar-refractivity contribution < 1.29 is 14.7 Å². The molecule has 0 unspecified atom stereocenters. The van der Waals surface area contributed by atoms with Crippen molar-refractivity contribution in [2.24, 2.45) is 5.41 Å². The molecule has 2 N–H and O–H groups in total. The van der Waals surface area contributed by atoms with Crippen LogP contribution in [0, 0.1) is 5.41 Å². The highest BCUT2D eigenvalue weighted by molar-refractivity contribution is 5.76. The van der Waals surface area contributed by atoms with Crippen LogP contribution in [0.2, 0.25) is 0 Å². The predicted molar refractivity (Wildman–Crippen MR) is 81.1 cm³/mol. The molecule has 1 saturated carbocycles. The van der Waals surface area contributed by atoms with Crippen LogP contribution < -0.4 is 5.32 Å². The first-order valence-electron chi connectivity index (χ1n) is 8.31. The van der Waals surface area contributed by atoms with E-state index in [0.29, 0.717) is 13.0 Å². The van der Waals surface area contributed by atoms with Gasteiger partial charge in [-0.15, -0.1) is 0 Å². The molecule has 0 spiro atoms. The molecule has 2 fully saturated rings. The largest absolute Gasteiger partial charge is 0.481 e. The lowest BCUT2D eigenvalue weighted by Crippen LogP contribution is -2.41. The number of nitrogens with one attached hydrogen (secondary N) is 1. The van der Waals surface area contributed by atoms with Crippen molar-refractivity contribution >= 4 is 11.9 Å². The molecule has 0 aromatic heterocycles. The Morgan fingerprint density at radius 2 is 1.71 bits per heavy atom. The molecular formula is C16H28N2O3. The highest BCUT2D eigenvalue weighted by Crippen LogP contribution is 2.38. The summed E-state index contributed by atoms with van der Waals surface area (Å²) >= 11 is 0. The van der Waals surface area contributed by atoms with Gasteiger partial charge < -0.3 is 15.3 Å². The highest BCUT2D eigenvalue weighted by atomic mass is 16.4. The molecule has 2 aliphatic rings. The molecule has 1 aliphatic carbocycles. The summed E-state index contributed by atoms with van der Waals surface area (Å²) in [6.45, 7) is 3.57. The lowest BCUT2D eigenvalue weighted by molar-refractivity contribution is -0.140. The van der Waals surface area contributed by atoms with Gasteiger partial charge in [0.05, 0.1) is 6.42 Å². The number of carbonyl (C=O) groups is 2. The Kier molecular flexibility index (Phi) is 6.03. The van der Waals surface area contributed by atoms with Crippen molar-refractivity contribution in [2.75, 3.05) is 26.2 Å². The Morgan fingerprint density at radius 3 is 2.33 bits per heavy atom. The van der Waals surface area contributed by atoms with Gasteiger partial charge in [-0.3, -0.25) is 9.59 Å². The summed E-state index contributed by atoms with van der Waals surface area (Å²) in [5, 5.41) is 12.1. The van der Waals surface area contributed by atoms with Gasteiger partial charge in [0.15, 0.2) is 0 Å². The Hall–Kier alpha value is -1.10. The molecule has 1 heterocycles. The smallest absolute Gasteiger partial charge is 0.303 e. The summed E-state index contributed by atoms with van der Waals surface area (Å²) in [6.07, 6.45) is 8.38. The lowest BCUT2D eigenvalue weighted by atomic mass is 9.71. The maximum absolute atomic E-state index is 12.0. The minimum Gasteiger partial charge on any atom is -0.481 e. The zero-order valence-corrected chi connectivity index (χ0v) is 12.9. The van der Waals surface area contributed by atoms with E-state index in [-0.39, 0.29) is 17.7 Å². The first-order chi connectivity index (χ1) is 10.1. The second-order valence-electron chi connectivity index (χ2n) is 6.71. The van der Waals surface area contributed by atoms with Crippen molar-refractivity contribution in [3.05, 3.63) is 0 Å². The molecule has 0 aromatic carbocycles. The zero-order valence-electron chi connectivity index (χ0n) is 12.9. The Labute approximate surface area is 127 Å². The van der Waals surface area contributed by atoms with Gasteiger partial charge in [0.25, 0.3) is 0 Å². The normalized spacial score (nSPS) is 22.1. The molecule has 0 aromatic rings. The van der Waals surface area contributed by atoms with Gasteiger partial charge in [0.1, 0.15) is 0 Å². The van der Waals surface area contributed by atoms with E-state index in [1.165, 1.54) is 19.3 Å². The molecule has 21 heavy (non-hydrogen) atoms. The number of carboxylic acid groups (broad SMARTS) is 1. The lowest BCUT2D eigenvalue weighted by Gasteiger charge is -2.36. The number of hydrogen-bond acceptors (Lipinski definition) is 3. The van der Waals surface area contributed by atoms with Gasteiger partial charge in [0, 0.05) is 19.5 Å². The van der Waals surface area contributed by atoms with Crippen LogP contribution in [-0.4, -0.2) is 48.1 Å². The maximum atomic E-state index is 12.0. The van der Waals surface area contributed by atoms with E-state index >= 15 is 0 Å². The molecule has 0 radical (unpaired) electrons. The summed E-state index contributed by atoms with van der Waals surface area (Å²) in [5.74, 6) is -0.680. The van der Waals surface area contributed by atoms with E-state index in [9.17, 15) is 9.59 Å². The molecule has 5 nitrogen and oxygen atoms in total. The fourth-order valence-corrected chi connectivity index (χ4v) is 3.68. The van der Waals surface area contributed by atoms with Gasteiger partial charge >= 0.3 is 5.97 Å². The monoisotopic (exact) mass is 296 g/mol. The molecule has 0 bridgehead atoms. The number of carbonyl (C=O) groups excluding carboxylic acids is 1. The van der Waals surface area contributed by atoms with Gasteiger partial charge in [-0.1, -0.05) is 19.3 Å². The van der Waals surface area contributed by atoms with Crippen LogP contribution in [0.4, 0.5) is 0 Å². The van der Waals surface area contributed by atoms with Crippen LogP contribution in [0.25, 0.3) is 0 Å². The van der Waals surface area contributed by atoms with Crippen molar-refractivity contribution in [3.8, 4) is 0 Å². The Bertz CT molecular complexity index is 359. The maximum Gasteiger partial charge on any atom is 0.303 e. The summed E-state index contributed by atoms with van der Waals surface area (Å²) in [4.78, 5) is 25.4. The average molecular weight is 296 g/mol. The average Bonchev–Trinajstić information content (AvgIpc) is 2.96. The first kappa shape index (κ1) is 16.3. The van der Waals surface area contributed by atoms with E-state index in [1.54, 1.807) is 0 Å². The number of amides is 1. The fraction of sp³-hybridized carbons (Fsp3) is 0.875. The number of rotatable bonds is 7. The van der Waals surface area contributed by atoms with Crippen LogP contribution in [0.1, 0.15) is 57.8 Å². The van der Waals surface area contributed by atoms with Gasteiger partial charge in [-0.25, -0.2) is 0 Å². The van der Waals surface area contributed by atoms with Crippen LogP contribution >= 0.6 is 0 Å². The minimum atomic E-state index is -0.747. The molecule has 1 amide bonds. The molecule has 2 rings (SSSR count). The molecule has 1 saturated heterocycles. The van der Waals surface area contributed by atoms with E-state index in [1.807, 2.05) is 0 Å². The first-order valence-corrected chi connectivity index (χ1v) is 8.31. The SMILES string of the molecule is O=C(O)CC1(CNC(=O)CCN2CCCC2)CCCCC1. The van der Waals surface area contributed by atoms with Gasteiger partial charge in [0.2, 0.25) is 5.91 Å². The third-order valence-corrected chi connectivity index (χ3v) is 4.95. The van der Waals surface area contributed by atoms with Crippen LogP contribution in [-0.2, 0) is 9.59 Å². The standard InChI is InChI=1S/C16H28N2O3/c19-14(6-11-18-9-4-5-10-18)17-13-16(12-15(20)21)7-2-1-3-8-16/h1-13H2,(H,17,19)(H,20,21). The molecule has 0 atom stereocenters. The second kappa shape index (κ2) is 7.78. The van der Waals surface area contributed by atoms with E-state index in [0.717, 1.165) is 45.3 Å². The third-order valence-electron chi connectivity index (χ3n) is 4.95. The summed E-state index contributed by atoms with van der Waals surface area (Å²) in [6, 6.07) is 0. The minimum absolute atomic E-state index is 0.0669. The number of carboxylic acids is 1. The Morgan fingerprint density at radius 1 is 1.05 bits per heavy atom. The third kappa shape index (κ3) is 5.30. The van der Waals surface area contributed by atoms with Crippen LogP contribution in [0.15, 0.2) is 0 Å². The Balaban J connectivity index is 1.74. The number of likely N-dealkylation sites (tertiary alicyclic amines) is 1. The van der Waals surface area contributed by atoms with E-state index in [4.69, 9.17) is 5.11 Å². The van der Waals surface area contributed by atoms with Gasteiger partial charge in [-0.2, -0.15) is 0 Å². The van der Waals surface area contributed by atoms with Crippen LogP contribution in [0.3, 0.4) is 0 Å². The van der Waals surface area contributed by atoms with Crippen molar-refractivity contribution in [2.45, 2.75) is 57.8 Å². The van der Waals surface area contributed by atoms with E-state index in [2.05, 4.69) is 10.2 Å². The zero-order chi connectivity index (χ0) is 15.1. The molecular weight excluding hydrogens is 268 g/mol. The van der Waals surface area contributed by atoms with E-state index < -0.39 is 5.97 Å². The number of hydrogen-bond donors (Lipinski definition) is 2. The van der Waals surface area contributed by atoms with Crippen molar-refractivity contribution in [3.63, 3.8) is 0 Å². The van der Waals surface area contributed by atoms with Gasteiger partial charge in [-0.05, 0) is 44.2 Å². The summed E-state index contributed by atoms with van der Waals surface area (Å²) in [7, 11) is 0. The molecule has 5 heteroatoms. The molecule has 120 valence electrons. The number of nitrogens with zero attached hydrogens (tertiary/aromatic N) is 1. The molecule has 1 aliphatic heterocycles. The predicted octanol–water partition coefficient (Wildman–Crippen LogP) is 2.01. The fourth-order valence-electron chi connectivity index (χ4n) is 3.68. The summed E-state index contributed by atoms with van der Waals surface area (Å²) in [5.41, 5.74) is -0.215. The van der Waals surface area contributed by atoms with Crippen LogP contribution in [0.5, 0.6) is 0 Å². The summed E-state index contributed by atoms with van der Waals surface area (Å²) < 4.78 is 0. The quantitative estimate of drug-likeness (QED) is 0.754. The number of aliphatic carboxylic acids is 1. The van der Waals surface area contributed by atoms with Crippen molar-refractivity contribution in [1.29, 1.82) is 0 Å². The highest BCUT2D eigenvalue weighted by Gasteiger charge is 2.34.